The van der Waals surface area contributed by atoms with Crippen molar-refractivity contribution in [3.63, 3.8) is 0 Å². The van der Waals surface area contributed by atoms with Gasteiger partial charge in [-0.2, -0.15) is 0 Å². The number of phenols is 1. The first-order valence-corrected chi connectivity index (χ1v) is 6.12. The Labute approximate surface area is 111 Å². The third-order valence-corrected chi connectivity index (χ3v) is 2.89. The van der Waals surface area contributed by atoms with E-state index in [2.05, 4.69) is 10.3 Å². The zero-order chi connectivity index (χ0) is 13.0. The number of benzene rings is 1. The Kier molecular flexibility index (Phi) is 4.18. The van der Waals surface area contributed by atoms with Crippen molar-refractivity contribution in [1.29, 1.82) is 0 Å². The Morgan fingerprint density at radius 3 is 2.78 bits per heavy atom. The number of aromatic hydroxyl groups is 1. The minimum absolute atomic E-state index is 0.258. The van der Waals surface area contributed by atoms with Crippen LogP contribution in [0.25, 0.3) is 0 Å². The van der Waals surface area contributed by atoms with Gasteiger partial charge in [0.25, 0.3) is 0 Å². The molecule has 0 spiro atoms. The summed E-state index contributed by atoms with van der Waals surface area (Å²) in [5.41, 5.74) is 2.91. The fourth-order valence-corrected chi connectivity index (χ4v) is 1.83. The molecule has 1 heterocycles. The summed E-state index contributed by atoms with van der Waals surface area (Å²) in [6.07, 6.45) is 1.85. The van der Waals surface area contributed by atoms with E-state index in [1.54, 1.807) is 18.2 Å². The van der Waals surface area contributed by atoms with Gasteiger partial charge >= 0.3 is 0 Å². The van der Waals surface area contributed by atoms with Gasteiger partial charge in [-0.05, 0) is 36.8 Å². The van der Waals surface area contributed by atoms with Gasteiger partial charge in [0.15, 0.2) is 0 Å². The lowest BCUT2D eigenvalue weighted by Gasteiger charge is -2.07. The number of nitrogens with one attached hydrogen (secondary N) is 1. The number of hydrogen-bond acceptors (Lipinski definition) is 3. The first-order chi connectivity index (χ1) is 8.65. The van der Waals surface area contributed by atoms with Gasteiger partial charge in [-0.25, -0.2) is 0 Å². The minimum Gasteiger partial charge on any atom is -0.508 e. The third-order valence-electron chi connectivity index (χ3n) is 2.66. The molecule has 3 nitrogen and oxygen atoms in total. The second kappa shape index (κ2) is 5.85. The van der Waals surface area contributed by atoms with Crippen molar-refractivity contribution < 1.29 is 5.11 Å². The van der Waals surface area contributed by atoms with Crippen LogP contribution in [0, 0.1) is 6.92 Å². The summed E-state index contributed by atoms with van der Waals surface area (Å²) in [6, 6.07) is 9.05. The molecule has 0 aliphatic carbocycles. The van der Waals surface area contributed by atoms with Crippen LogP contribution < -0.4 is 5.32 Å². The standard InChI is InChI=1S/C14H15ClN2O/c1-10-2-3-11(8-17-10)7-16-9-12-6-13(15)4-5-14(12)18/h2-6,8,16,18H,7,9H2,1H3. The van der Waals surface area contributed by atoms with Crippen molar-refractivity contribution in [3.05, 3.63) is 58.4 Å². The van der Waals surface area contributed by atoms with E-state index in [0.717, 1.165) is 16.8 Å². The first-order valence-electron chi connectivity index (χ1n) is 5.75. The van der Waals surface area contributed by atoms with E-state index in [4.69, 9.17) is 11.6 Å². The Morgan fingerprint density at radius 1 is 1.22 bits per heavy atom. The fraction of sp³-hybridized carbons (Fsp3) is 0.214. The van der Waals surface area contributed by atoms with Crippen LogP contribution >= 0.6 is 11.6 Å². The highest BCUT2D eigenvalue weighted by molar-refractivity contribution is 6.30. The molecule has 4 heteroatoms. The van der Waals surface area contributed by atoms with Gasteiger partial charge in [0.2, 0.25) is 0 Å². The quantitative estimate of drug-likeness (QED) is 0.890. The molecule has 0 bridgehead atoms. The third kappa shape index (κ3) is 3.45. The minimum atomic E-state index is 0.258. The van der Waals surface area contributed by atoms with Crippen LogP contribution in [-0.2, 0) is 13.1 Å². The molecule has 1 aromatic heterocycles. The number of aromatic nitrogens is 1. The van der Waals surface area contributed by atoms with Crippen molar-refractivity contribution in [1.82, 2.24) is 10.3 Å². The van der Waals surface area contributed by atoms with E-state index in [1.807, 2.05) is 25.3 Å². The Balaban J connectivity index is 1.92. The normalized spacial score (nSPS) is 10.6. The lowest BCUT2D eigenvalue weighted by Crippen LogP contribution is -2.13. The molecule has 0 unspecified atom stereocenters. The summed E-state index contributed by atoms with van der Waals surface area (Å²) < 4.78 is 0. The van der Waals surface area contributed by atoms with E-state index < -0.39 is 0 Å². The van der Waals surface area contributed by atoms with Crippen LogP contribution in [0.15, 0.2) is 36.5 Å². The zero-order valence-electron chi connectivity index (χ0n) is 10.2. The Hall–Kier alpha value is -1.58. The number of halogens is 1. The molecule has 0 saturated heterocycles. The van der Waals surface area contributed by atoms with Gasteiger partial charge in [0.05, 0.1) is 0 Å². The molecule has 0 radical (unpaired) electrons. The largest absolute Gasteiger partial charge is 0.508 e. The maximum Gasteiger partial charge on any atom is 0.120 e. The number of pyridine rings is 1. The van der Waals surface area contributed by atoms with Crippen molar-refractivity contribution in [2.75, 3.05) is 0 Å². The second-order valence-corrected chi connectivity index (χ2v) is 4.62. The average molecular weight is 263 g/mol. The van der Waals surface area contributed by atoms with Crippen LogP contribution in [0.5, 0.6) is 5.75 Å². The van der Waals surface area contributed by atoms with Gasteiger partial charge in [-0.15, -0.1) is 0 Å². The van der Waals surface area contributed by atoms with Crippen LogP contribution in [0.3, 0.4) is 0 Å². The topological polar surface area (TPSA) is 45.1 Å². The first kappa shape index (κ1) is 12.9. The monoisotopic (exact) mass is 262 g/mol. The van der Waals surface area contributed by atoms with Crippen LogP contribution in [0.4, 0.5) is 0 Å². The molecule has 2 rings (SSSR count). The van der Waals surface area contributed by atoms with Crippen molar-refractivity contribution in [2.45, 2.75) is 20.0 Å². The Bertz CT molecular complexity index is 526. The number of aryl methyl sites for hydroxylation is 1. The van der Waals surface area contributed by atoms with Gasteiger partial charge in [-0.1, -0.05) is 17.7 Å². The van der Waals surface area contributed by atoms with Crippen molar-refractivity contribution >= 4 is 11.6 Å². The summed E-state index contributed by atoms with van der Waals surface area (Å²) in [4.78, 5) is 4.23. The number of rotatable bonds is 4. The molecule has 2 N–H and O–H groups in total. The SMILES string of the molecule is Cc1ccc(CNCc2cc(Cl)ccc2O)cn1. The lowest BCUT2D eigenvalue weighted by molar-refractivity contribution is 0.464. The molecule has 1 aromatic carbocycles. The fourth-order valence-electron chi connectivity index (χ4n) is 1.64. The molecular weight excluding hydrogens is 248 g/mol. The predicted octanol–water partition coefficient (Wildman–Crippen LogP) is 3.04. The zero-order valence-corrected chi connectivity index (χ0v) is 10.9. The summed E-state index contributed by atoms with van der Waals surface area (Å²) >= 11 is 5.88. The van der Waals surface area contributed by atoms with Crippen molar-refractivity contribution in [3.8, 4) is 5.75 Å². The lowest BCUT2D eigenvalue weighted by atomic mass is 10.2. The molecule has 0 aliphatic rings. The molecule has 0 fully saturated rings. The molecule has 0 aliphatic heterocycles. The van der Waals surface area contributed by atoms with Crippen LogP contribution in [-0.4, -0.2) is 10.1 Å². The molecule has 94 valence electrons. The number of phenolic OH excluding ortho intramolecular Hbond substituents is 1. The molecular formula is C14H15ClN2O. The Morgan fingerprint density at radius 2 is 2.06 bits per heavy atom. The van der Waals surface area contributed by atoms with E-state index in [9.17, 15) is 5.11 Å². The highest BCUT2D eigenvalue weighted by Crippen LogP contribution is 2.21. The smallest absolute Gasteiger partial charge is 0.120 e. The van der Waals surface area contributed by atoms with Gasteiger partial charge in [-0.3, -0.25) is 4.98 Å². The van der Waals surface area contributed by atoms with Gasteiger partial charge in [0.1, 0.15) is 5.75 Å². The second-order valence-electron chi connectivity index (χ2n) is 4.18. The van der Waals surface area contributed by atoms with E-state index in [-0.39, 0.29) is 5.75 Å². The molecule has 2 aromatic rings. The van der Waals surface area contributed by atoms with E-state index in [0.29, 0.717) is 18.1 Å². The number of hydrogen-bond donors (Lipinski definition) is 2. The van der Waals surface area contributed by atoms with E-state index >= 15 is 0 Å². The average Bonchev–Trinajstić information content (AvgIpc) is 2.36. The summed E-state index contributed by atoms with van der Waals surface area (Å²) in [5, 5.41) is 13.5. The predicted molar refractivity (Wildman–Crippen MR) is 72.6 cm³/mol. The number of nitrogens with zero attached hydrogens (tertiary/aromatic N) is 1. The molecule has 0 amide bonds. The highest BCUT2D eigenvalue weighted by atomic mass is 35.5. The van der Waals surface area contributed by atoms with E-state index in [1.165, 1.54) is 0 Å². The highest BCUT2D eigenvalue weighted by Gasteiger charge is 2.01. The van der Waals surface area contributed by atoms with Crippen molar-refractivity contribution in [2.24, 2.45) is 0 Å². The summed E-state index contributed by atoms with van der Waals surface area (Å²) in [7, 11) is 0. The maximum absolute atomic E-state index is 9.66. The molecule has 0 saturated carbocycles. The summed E-state index contributed by atoms with van der Waals surface area (Å²) in [6.45, 7) is 3.24. The summed E-state index contributed by atoms with van der Waals surface area (Å²) in [5.74, 6) is 0.258. The van der Waals surface area contributed by atoms with Gasteiger partial charge < -0.3 is 10.4 Å². The molecule has 0 atom stereocenters. The van der Waals surface area contributed by atoms with Crippen LogP contribution in [0.1, 0.15) is 16.8 Å². The molecule has 18 heavy (non-hydrogen) atoms. The maximum atomic E-state index is 9.66. The van der Waals surface area contributed by atoms with Gasteiger partial charge in [0, 0.05) is 35.6 Å². The van der Waals surface area contributed by atoms with Crippen LogP contribution in [0.2, 0.25) is 5.02 Å².